The van der Waals surface area contributed by atoms with E-state index in [2.05, 4.69) is 32.7 Å². The summed E-state index contributed by atoms with van der Waals surface area (Å²) in [6.45, 7) is 11.6. The van der Waals surface area contributed by atoms with Crippen molar-refractivity contribution in [3.05, 3.63) is 12.7 Å². The van der Waals surface area contributed by atoms with Gasteiger partial charge < -0.3 is 10.2 Å². The predicted octanol–water partition coefficient (Wildman–Crippen LogP) is 1.16. The summed E-state index contributed by atoms with van der Waals surface area (Å²) >= 11 is 0. The lowest BCUT2D eigenvalue weighted by atomic mass is 10.1. The summed E-state index contributed by atoms with van der Waals surface area (Å²) in [6, 6.07) is 0.430. The number of carbonyl (C=O) groups excluding carboxylic acids is 1. The molecule has 0 bridgehead atoms. The number of likely N-dealkylation sites (tertiary alicyclic amines) is 1. The standard InChI is InChI=1S/C11H20N2O/c1-5-10(14)13-7-6-9(8-13)12-11(2,3)4/h5,9,12H,1,6-8H2,2-4H3. The fourth-order valence-corrected chi connectivity index (χ4v) is 1.82. The number of hydrogen-bond acceptors (Lipinski definition) is 2. The van der Waals surface area contributed by atoms with Gasteiger partial charge in [-0.05, 0) is 33.3 Å². The highest BCUT2D eigenvalue weighted by molar-refractivity contribution is 5.87. The highest BCUT2D eigenvalue weighted by atomic mass is 16.2. The topological polar surface area (TPSA) is 32.3 Å². The van der Waals surface area contributed by atoms with Gasteiger partial charge in [-0.2, -0.15) is 0 Å². The second kappa shape index (κ2) is 4.13. The van der Waals surface area contributed by atoms with Crippen molar-refractivity contribution in [2.75, 3.05) is 13.1 Å². The van der Waals surface area contributed by atoms with Crippen LogP contribution >= 0.6 is 0 Å². The van der Waals surface area contributed by atoms with E-state index >= 15 is 0 Å². The molecule has 1 aliphatic heterocycles. The van der Waals surface area contributed by atoms with Gasteiger partial charge in [0.1, 0.15) is 0 Å². The van der Waals surface area contributed by atoms with Crippen molar-refractivity contribution in [1.82, 2.24) is 10.2 Å². The summed E-state index contributed by atoms with van der Waals surface area (Å²) in [7, 11) is 0. The van der Waals surface area contributed by atoms with Crippen molar-refractivity contribution in [3.8, 4) is 0 Å². The average molecular weight is 196 g/mol. The zero-order valence-electron chi connectivity index (χ0n) is 9.34. The molecule has 0 aliphatic carbocycles. The SMILES string of the molecule is C=CC(=O)N1CCC(NC(C)(C)C)C1. The lowest BCUT2D eigenvalue weighted by Gasteiger charge is -2.25. The van der Waals surface area contributed by atoms with Crippen LogP contribution in [0.3, 0.4) is 0 Å². The van der Waals surface area contributed by atoms with Crippen LogP contribution in [-0.4, -0.2) is 35.5 Å². The summed E-state index contributed by atoms with van der Waals surface area (Å²) in [6.07, 6.45) is 2.43. The molecule has 0 radical (unpaired) electrons. The molecule has 1 aliphatic rings. The number of hydrogen-bond donors (Lipinski definition) is 1. The molecule has 0 spiro atoms. The van der Waals surface area contributed by atoms with Crippen molar-refractivity contribution in [1.29, 1.82) is 0 Å². The van der Waals surface area contributed by atoms with Gasteiger partial charge in [0.2, 0.25) is 5.91 Å². The molecule has 14 heavy (non-hydrogen) atoms. The summed E-state index contributed by atoms with van der Waals surface area (Å²) in [5.74, 6) is 0.0446. The van der Waals surface area contributed by atoms with Crippen molar-refractivity contribution >= 4 is 5.91 Å². The molecule has 3 nitrogen and oxygen atoms in total. The highest BCUT2D eigenvalue weighted by Gasteiger charge is 2.27. The lowest BCUT2D eigenvalue weighted by Crippen LogP contribution is -2.45. The monoisotopic (exact) mass is 196 g/mol. The number of nitrogens with zero attached hydrogens (tertiary/aromatic N) is 1. The molecule has 3 heteroatoms. The smallest absolute Gasteiger partial charge is 0.246 e. The van der Waals surface area contributed by atoms with E-state index in [1.165, 1.54) is 6.08 Å². The third-order valence-electron chi connectivity index (χ3n) is 2.31. The maximum atomic E-state index is 11.3. The molecule has 80 valence electrons. The zero-order chi connectivity index (χ0) is 10.8. The van der Waals surface area contributed by atoms with Crippen LogP contribution in [0, 0.1) is 0 Å². The maximum Gasteiger partial charge on any atom is 0.246 e. The number of carbonyl (C=O) groups is 1. The van der Waals surface area contributed by atoms with Crippen LogP contribution in [0.25, 0.3) is 0 Å². The van der Waals surface area contributed by atoms with Gasteiger partial charge in [-0.15, -0.1) is 0 Å². The first-order valence-electron chi connectivity index (χ1n) is 5.11. The fraction of sp³-hybridized carbons (Fsp3) is 0.727. The maximum absolute atomic E-state index is 11.3. The van der Waals surface area contributed by atoms with Crippen LogP contribution in [0.4, 0.5) is 0 Å². The molecule has 0 aromatic carbocycles. The quantitative estimate of drug-likeness (QED) is 0.672. The molecule has 1 heterocycles. The Hall–Kier alpha value is -0.830. The van der Waals surface area contributed by atoms with Gasteiger partial charge >= 0.3 is 0 Å². The van der Waals surface area contributed by atoms with Crippen molar-refractivity contribution in [2.24, 2.45) is 0 Å². The van der Waals surface area contributed by atoms with E-state index < -0.39 is 0 Å². The van der Waals surface area contributed by atoms with E-state index in [0.29, 0.717) is 6.04 Å². The highest BCUT2D eigenvalue weighted by Crippen LogP contribution is 2.13. The minimum Gasteiger partial charge on any atom is -0.338 e. The van der Waals surface area contributed by atoms with Crippen LogP contribution in [-0.2, 0) is 4.79 Å². The molecule has 0 aromatic rings. The summed E-state index contributed by atoms with van der Waals surface area (Å²) in [4.78, 5) is 13.1. The Kier molecular flexibility index (Phi) is 3.32. The minimum absolute atomic E-state index is 0.0446. The normalized spacial score (nSPS) is 22.5. The first-order valence-corrected chi connectivity index (χ1v) is 5.11. The van der Waals surface area contributed by atoms with Crippen molar-refractivity contribution in [2.45, 2.75) is 38.8 Å². The molecule has 0 aromatic heterocycles. The third-order valence-corrected chi connectivity index (χ3v) is 2.31. The minimum atomic E-state index is 0.0446. The summed E-state index contributed by atoms with van der Waals surface area (Å²) in [5.41, 5.74) is 0.123. The molecule has 1 unspecified atom stereocenters. The number of rotatable bonds is 2. The van der Waals surface area contributed by atoms with Gasteiger partial charge in [-0.25, -0.2) is 0 Å². The summed E-state index contributed by atoms with van der Waals surface area (Å²) < 4.78 is 0. The molecular formula is C11H20N2O. The second-order valence-electron chi connectivity index (χ2n) is 4.87. The Morgan fingerprint density at radius 3 is 2.71 bits per heavy atom. The average Bonchev–Trinajstić information content (AvgIpc) is 2.48. The van der Waals surface area contributed by atoms with Gasteiger partial charge in [0.25, 0.3) is 0 Å². The third kappa shape index (κ3) is 3.14. The van der Waals surface area contributed by atoms with Crippen LogP contribution in [0.15, 0.2) is 12.7 Å². The Bertz CT molecular complexity index is 230. The van der Waals surface area contributed by atoms with Gasteiger partial charge in [-0.1, -0.05) is 6.58 Å². The summed E-state index contributed by atoms with van der Waals surface area (Å²) in [5, 5.41) is 3.50. The first kappa shape index (κ1) is 11.2. The number of amides is 1. The fourth-order valence-electron chi connectivity index (χ4n) is 1.82. The van der Waals surface area contributed by atoms with Gasteiger partial charge in [-0.3, -0.25) is 4.79 Å². The van der Waals surface area contributed by atoms with Crippen molar-refractivity contribution < 1.29 is 4.79 Å². The van der Waals surface area contributed by atoms with Crippen LogP contribution in [0.5, 0.6) is 0 Å². The van der Waals surface area contributed by atoms with E-state index in [0.717, 1.165) is 19.5 Å². The van der Waals surface area contributed by atoms with E-state index in [-0.39, 0.29) is 11.4 Å². The molecule has 1 rings (SSSR count). The lowest BCUT2D eigenvalue weighted by molar-refractivity contribution is -0.125. The van der Waals surface area contributed by atoms with E-state index in [1.54, 1.807) is 0 Å². The van der Waals surface area contributed by atoms with Gasteiger partial charge in [0.15, 0.2) is 0 Å². The molecule has 1 fully saturated rings. The molecule has 1 atom stereocenters. The second-order valence-corrected chi connectivity index (χ2v) is 4.87. The molecular weight excluding hydrogens is 176 g/mol. The largest absolute Gasteiger partial charge is 0.338 e. The Morgan fingerprint density at radius 1 is 1.57 bits per heavy atom. The Labute approximate surface area is 86.2 Å². The molecule has 1 amide bonds. The Balaban J connectivity index is 2.42. The molecule has 1 saturated heterocycles. The van der Waals surface area contributed by atoms with Crippen LogP contribution < -0.4 is 5.32 Å². The first-order chi connectivity index (χ1) is 6.42. The van der Waals surface area contributed by atoms with Crippen LogP contribution in [0.1, 0.15) is 27.2 Å². The van der Waals surface area contributed by atoms with Crippen LogP contribution in [0.2, 0.25) is 0 Å². The van der Waals surface area contributed by atoms with Gasteiger partial charge in [0.05, 0.1) is 0 Å². The van der Waals surface area contributed by atoms with Crippen molar-refractivity contribution in [3.63, 3.8) is 0 Å². The zero-order valence-corrected chi connectivity index (χ0v) is 9.34. The molecule has 0 saturated carbocycles. The Morgan fingerprint density at radius 2 is 2.21 bits per heavy atom. The molecule has 1 N–H and O–H groups in total. The van der Waals surface area contributed by atoms with E-state index in [9.17, 15) is 4.79 Å². The van der Waals surface area contributed by atoms with E-state index in [1.807, 2.05) is 4.90 Å². The predicted molar refractivity (Wildman–Crippen MR) is 58.1 cm³/mol. The van der Waals surface area contributed by atoms with E-state index in [4.69, 9.17) is 0 Å². The van der Waals surface area contributed by atoms with Gasteiger partial charge in [0, 0.05) is 24.7 Å². The number of nitrogens with one attached hydrogen (secondary N) is 1.